The molecule has 0 saturated heterocycles. The molecule has 0 spiro atoms. The summed E-state index contributed by atoms with van der Waals surface area (Å²) in [6.45, 7) is 8.71. The fraction of sp³-hybridized carbons (Fsp3) is 0.647. The third-order valence-corrected chi connectivity index (χ3v) is 4.04. The molecule has 1 aromatic carbocycles. The van der Waals surface area contributed by atoms with Crippen LogP contribution in [0.15, 0.2) is 30.3 Å². The van der Waals surface area contributed by atoms with Gasteiger partial charge in [0.15, 0.2) is 0 Å². The van der Waals surface area contributed by atoms with E-state index in [0.717, 1.165) is 24.7 Å². The zero-order valence-corrected chi connectivity index (χ0v) is 12.5. The van der Waals surface area contributed by atoms with E-state index in [1.54, 1.807) is 0 Å². The standard InChI is InChI=1S/C17H27NO/c1-4-12-18(15-10-11-15)13-17(2,3)16(19)14-8-6-5-7-9-14/h5-9,15-16,19H,4,10-13H2,1-3H3. The lowest BCUT2D eigenvalue weighted by Crippen LogP contribution is -2.39. The van der Waals surface area contributed by atoms with Crippen molar-refractivity contribution in [3.8, 4) is 0 Å². The van der Waals surface area contributed by atoms with Crippen molar-refractivity contribution in [2.75, 3.05) is 13.1 Å². The second-order valence-electron chi connectivity index (χ2n) is 6.50. The van der Waals surface area contributed by atoms with Gasteiger partial charge in [0, 0.05) is 18.0 Å². The predicted octanol–water partition coefficient (Wildman–Crippen LogP) is 3.62. The molecule has 1 fully saturated rings. The summed E-state index contributed by atoms with van der Waals surface area (Å²) in [4.78, 5) is 2.56. The largest absolute Gasteiger partial charge is 0.388 e. The Morgan fingerprint density at radius 3 is 2.42 bits per heavy atom. The number of nitrogens with zero attached hydrogens (tertiary/aromatic N) is 1. The fourth-order valence-electron chi connectivity index (χ4n) is 2.81. The van der Waals surface area contributed by atoms with Crippen molar-refractivity contribution < 1.29 is 5.11 Å². The molecule has 19 heavy (non-hydrogen) atoms. The van der Waals surface area contributed by atoms with E-state index in [4.69, 9.17) is 0 Å². The molecular weight excluding hydrogens is 234 g/mol. The first-order valence-corrected chi connectivity index (χ1v) is 7.51. The molecule has 2 nitrogen and oxygen atoms in total. The van der Waals surface area contributed by atoms with Gasteiger partial charge in [0.2, 0.25) is 0 Å². The van der Waals surface area contributed by atoms with Crippen LogP contribution in [-0.2, 0) is 0 Å². The molecule has 2 rings (SSSR count). The summed E-state index contributed by atoms with van der Waals surface area (Å²) in [6, 6.07) is 10.8. The van der Waals surface area contributed by atoms with Gasteiger partial charge >= 0.3 is 0 Å². The topological polar surface area (TPSA) is 23.5 Å². The Kier molecular flexibility index (Phi) is 4.64. The monoisotopic (exact) mass is 261 g/mol. The second-order valence-corrected chi connectivity index (χ2v) is 6.50. The van der Waals surface area contributed by atoms with Gasteiger partial charge in [-0.15, -0.1) is 0 Å². The minimum Gasteiger partial charge on any atom is -0.388 e. The Balaban J connectivity index is 2.03. The molecule has 0 aromatic heterocycles. The smallest absolute Gasteiger partial charge is 0.0853 e. The third-order valence-electron chi connectivity index (χ3n) is 4.04. The lowest BCUT2D eigenvalue weighted by atomic mass is 9.82. The maximum Gasteiger partial charge on any atom is 0.0853 e. The number of rotatable bonds is 7. The quantitative estimate of drug-likeness (QED) is 0.810. The van der Waals surface area contributed by atoms with Crippen molar-refractivity contribution in [1.29, 1.82) is 0 Å². The highest BCUT2D eigenvalue weighted by molar-refractivity contribution is 5.19. The van der Waals surface area contributed by atoms with E-state index in [1.165, 1.54) is 19.3 Å². The molecule has 0 aliphatic heterocycles. The Morgan fingerprint density at radius 2 is 1.89 bits per heavy atom. The van der Waals surface area contributed by atoms with Crippen LogP contribution in [0.4, 0.5) is 0 Å². The first-order chi connectivity index (χ1) is 9.04. The van der Waals surface area contributed by atoms with Crippen LogP contribution in [0, 0.1) is 5.41 Å². The molecule has 1 saturated carbocycles. The molecule has 1 aromatic rings. The van der Waals surface area contributed by atoms with Crippen LogP contribution in [-0.4, -0.2) is 29.1 Å². The van der Waals surface area contributed by atoms with Crippen LogP contribution in [0.25, 0.3) is 0 Å². The van der Waals surface area contributed by atoms with Crippen molar-refractivity contribution >= 4 is 0 Å². The van der Waals surface area contributed by atoms with Gasteiger partial charge in [-0.25, -0.2) is 0 Å². The molecule has 2 heteroatoms. The molecule has 0 bridgehead atoms. The van der Waals surface area contributed by atoms with Crippen molar-refractivity contribution in [2.24, 2.45) is 5.41 Å². The van der Waals surface area contributed by atoms with Gasteiger partial charge in [-0.3, -0.25) is 4.90 Å². The number of aliphatic hydroxyl groups is 1. The molecule has 106 valence electrons. The number of hydrogen-bond acceptors (Lipinski definition) is 2. The number of aliphatic hydroxyl groups excluding tert-OH is 1. The van der Waals surface area contributed by atoms with E-state index in [0.29, 0.717) is 0 Å². The van der Waals surface area contributed by atoms with E-state index in [-0.39, 0.29) is 5.41 Å². The molecule has 0 heterocycles. The first-order valence-electron chi connectivity index (χ1n) is 7.51. The second kappa shape index (κ2) is 6.06. The van der Waals surface area contributed by atoms with E-state index >= 15 is 0 Å². The summed E-state index contributed by atoms with van der Waals surface area (Å²) >= 11 is 0. The summed E-state index contributed by atoms with van der Waals surface area (Å²) in [5.41, 5.74) is 0.916. The van der Waals surface area contributed by atoms with E-state index in [1.807, 2.05) is 30.3 Å². The fourth-order valence-corrected chi connectivity index (χ4v) is 2.81. The molecule has 1 aliphatic carbocycles. The van der Waals surface area contributed by atoms with E-state index in [2.05, 4.69) is 25.7 Å². The zero-order valence-electron chi connectivity index (χ0n) is 12.5. The van der Waals surface area contributed by atoms with Crippen molar-refractivity contribution in [3.63, 3.8) is 0 Å². The maximum atomic E-state index is 10.6. The van der Waals surface area contributed by atoms with E-state index < -0.39 is 6.10 Å². The van der Waals surface area contributed by atoms with Gasteiger partial charge in [0.05, 0.1) is 6.10 Å². The summed E-state index contributed by atoms with van der Waals surface area (Å²) in [5.74, 6) is 0. The molecule has 1 unspecified atom stereocenters. The minimum absolute atomic E-state index is 0.112. The Morgan fingerprint density at radius 1 is 1.26 bits per heavy atom. The van der Waals surface area contributed by atoms with Crippen LogP contribution < -0.4 is 0 Å². The maximum absolute atomic E-state index is 10.6. The third kappa shape index (κ3) is 3.80. The lowest BCUT2D eigenvalue weighted by Gasteiger charge is -2.36. The van der Waals surface area contributed by atoms with Crippen molar-refractivity contribution in [2.45, 2.75) is 52.2 Å². The highest BCUT2D eigenvalue weighted by atomic mass is 16.3. The average Bonchev–Trinajstić information content (AvgIpc) is 3.22. The highest BCUT2D eigenvalue weighted by Crippen LogP contribution is 2.37. The molecule has 0 amide bonds. The van der Waals surface area contributed by atoms with Gasteiger partial charge in [0.25, 0.3) is 0 Å². The normalized spacial score (nSPS) is 17.7. The van der Waals surface area contributed by atoms with Gasteiger partial charge in [-0.1, -0.05) is 51.1 Å². The van der Waals surface area contributed by atoms with Crippen LogP contribution in [0.5, 0.6) is 0 Å². The molecule has 1 aliphatic rings. The zero-order chi connectivity index (χ0) is 13.9. The van der Waals surface area contributed by atoms with Gasteiger partial charge in [-0.2, -0.15) is 0 Å². The van der Waals surface area contributed by atoms with Crippen LogP contribution in [0.1, 0.15) is 51.7 Å². The molecule has 1 N–H and O–H groups in total. The average molecular weight is 261 g/mol. The Bertz CT molecular complexity index is 384. The summed E-state index contributed by atoms with van der Waals surface area (Å²) in [7, 11) is 0. The van der Waals surface area contributed by atoms with Gasteiger partial charge < -0.3 is 5.11 Å². The van der Waals surface area contributed by atoms with Crippen LogP contribution in [0.2, 0.25) is 0 Å². The number of hydrogen-bond donors (Lipinski definition) is 1. The van der Waals surface area contributed by atoms with Crippen molar-refractivity contribution in [1.82, 2.24) is 4.90 Å². The number of benzene rings is 1. The van der Waals surface area contributed by atoms with Gasteiger partial charge in [-0.05, 0) is 31.4 Å². The molecule has 1 atom stereocenters. The predicted molar refractivity (Wildman–Crippen MR) is 80.1 cm³/mol. The van der Waals surface area contributed by atoms with Gasteiger partial charge in [0.1, 0.15) is 0 Å². The molecule has 0 radical (unpaired) electrons. The van der Waals surface area contributed by atoms with Crippen LogP contribution in [0.3, 0.4) is 0 Å². The van der Waals surface area contributed by atoms with Crippen LogP contribution >= 0.6 is 0 Å². The lowest BCUT2D eigenvalue weighted by molar-refractivity contribution is 0.0181. The summed E-state index contributed by atoms with van der Waals surface area (Å²) in [5, 5.41) is 10.6. The SMILES string of the molecule is CCCN(CC(C)(C)C(O)c1ccccc1)C1CC1. The first kappa shape index (κ1) is 14.5. The Labute approximate surface area is 117 Å². The Hall–Kier alpha value is -0.860. The summed E-state index contributed by atoms with van der Waals surface area (Å²) in [6.07, 6.45) is 3.45. The highest BCUT2D eigenvalue weighted by Gasteiger charge is 2.36. The van der Waals surface area contributed by atoms with Crippen molar-refractivity contribution in [3.05, 3.63) is 35.9 Å². The summed E-state index contributed by atoms with van der Waals surface area (Å²) < 4.78 is 0. The minimum atomic E-state index is -0.396. The molecular formula is C17H27NO. The van der Waals surface area contributed by atoms with E-state index in [9.17, 15) is 5.11 Å².